The van der Waals surface area contributed by atoms with Crippen molar-refractivity contribution in [3.8, 4) is 0 Å². The van der Waals surface area contributed by atoms with Crippen molar-refractivity contribution in [2.45, 2.75) is 56.9 Å². The zero-order valence-corrected chi connectivity index (χ0v) is 19.6. The average Bonchev–Trinajstić information content (AvgIpc) is 3.28. The van der Waals surface area contributed by atoms with Gasteiger partial charge < -0.3 is 9.47 Å². The van der Waals surface area contributed by atoms with Crippen LogP contribution in [0.1, 0.15) is 39.5 Å². The van der Waals surface area contributed by atoms with Crippen LogP contribution in [0.2, 0.25) is 5.02 Å². The molecule has 2 saturated carbocycles. The van der Waals surface area contributed by atoms with Crippen LogP contribution in [0.25, 0.3) is 0 Å². The molecule has 1 aromatic carbocycles. The van der Waals surface area contributed by atoms with Crippen LogP contribution in [-0.2, 0) is 24.3 Å². The summed E-state index contributed by atoms with van der Waals surface area (Å²) in [7, 11) is -1.70. The number of urea groups is 1. The molecule has 1 heterocycles. The van der Waals surface area contributed by atoms with E-state index in [1.165, 1.54) is 38.5 Å². The molecule has 31 heavy (non-hydrogen) atoms. The van der Waals surface area contributed by atoms with Crippen LogP contribution in [0.4, 0.5) is 4.79 Å². The van der Waals surface area contributed by atoms with Crippen LogP contribution in [0.3, 0.4) is 0 Å². The molecule has 2 bridgehead atoms. The second-order valence-electron chi connectivity index (χ2n) is 9.04. The minimum Gasteiger partial charge on any atom is -0.356 e. The number of halogens is 1. The van der Waals surface area contributed by atoms with Gasteiger partial charge in [0, 0.05) is 19.2 Å². The third kappa shape index (κ3) is 2.97. The van der Waals surface area contributed by atoms with E-state index in [1.54, 1.807) is 0 Å². The van der Waals surface area contributed by atoms with Gasteiger partial charge in [0.1, 0.15) is 0 Å². The fourth-order valence-corrected chi connectivity index (χ4v) is 7.34. The van der Waals surface area contributed by atoms with Crippen molar-refractivity contribution < 1.29 is 27.5 Å². The number of hydrogen-bond acceptors (Lipinski definition) is 6. The molecule has 3 aliphatic rings. The first-order valence-corrected chi connectivity index (χ1v) is 12.1. The second kappa shape index (κ2) is 7.43. The standard InChI is InChI=1S/C21H27ClN2O6S/c1-20(2)13-9-11-21(20,12-10-13)18(25)23-16(29-3)17(30-4)24(19(23)26)31(27,28)15-7-5-14(22)6-8-15/h5-8,13,16-17H,9-12H2,1-4H3/t13?,16-,17-,21?/m0/s1. The van der Waals surface area contributed by atoms with Crippen LogP contribution in [0.5, 0.6) is 0 Å². The lowest BCUT2D eigenvalue weighted by atomic mass is 9.68. The van der Waals surface area contributed by atoms with Gasteiger partial charge in [-0.15, -0.1) is 0 Å². The summed E-state index contributed by atoms with van der Waals surface area (Å²) < 4.78 is 38.1. The zero-order chi connectivity index (χ0) is 22.8. The number of carbonyl (C=O) groups excluding carboxylic acids is 2. The molecule has 2 atom stereocenters. The molecule has 8 nitrogen and oxygen atoms in total. The first-order chi connectivity index (χ1) is 14.5. The van der Waals surface area contributed by atoms with E-state index in [9.17, 15) is 18.0 Å². The maximum atomic E-state index is 13.9. The molecule has 3 amide bonds. The Kier molecular flexibility index (Phi) is 5.40. The van der Waals surface area contributed by atoms with Crippen LogP contribution in [0.15, 0.2) is 29.2 Å². The summed E-state index contributed by atoms with van der Waals surface area (Å²) in [6, 6.07) is 4.51. The molecule has 0 aromatic heterocycles. The first-order valence-electron chi connectivity index (χ1n) is 10.3. The summed E-state index contributed by atoms with van der Waals surface area (Å²) >= 11 is 5.88. The Morgan fingerprint density at radius 1 is 1.06 bits per heavy atom. The Balaban J connectivity index is 1.76. The van der Waals surface area contributed by atoms with Crippen LogP contribution >= 0.6 is 11.6 Å². The largest absolute Gasteiger partial charge is 0.356 e. The molecule has 1 aliphatic heterocycles. The summed E-state index contributed by atoms with van der Waals surface area (Å²) in [5.74, 6) is 0.0208. The monoisotopic (exact) mass is 470 g/mol. The Bertz CT molecular complexity index is 1000. The number of imide groups is 1. The molecule has 10 heteroatoms. The molecular formula is C21H27ClN2O6S. The molecule has 0 N–H and O–H groups in total. The zero-order valence-electron chi connectivity index (χ0n) is 18.0. The summed E-state index contributed by atoms with van der Waals surface area (Å²) in [6.07, 6.45) is 0.686. The predicted molar refractivity (Wildman–Crippen MR) is 112 cm³/mol. The van der Waals surface area contributed by atoms with Gasteiger partial charge in [0.2, 0.25) is 5.91 Å². The Morgan fingerprint density at radius 2 is 1.61 bits per heavy atom. The molecule has 4 rings (SSSR count). The van der Waals surface area contributed by atoms with E-state index in [2.05, 4.69) is 13.8 Å². The number of ether oxygens (including phenoxy) is 2. The molecule has 3 fully saturated rings. The van der Waals surface area contributed by atoms with Gasteiger partial charge in [-0.3, -0.25) is 4.79 Å². The third-order valence-corrected chi connectivity index (χ3v) is 9.70. The number of carbonyl (C=O) groups is 2. The van der Waals surface area contributed by atoms with Crippen molar-refractivity contribution in [1.82, 2.24) is 9.21 Å². The van der Waals surface area contributed by atoms with Crippen LogP contribution < -0.4 is 0 Å². The predicted octanol–water partition coefficient (Wildman–Crippen LogP) is 3.45. The highest BCUT2D eigenvalue weighted by molar-refractivity contribution is 7.89. The van der Waals surface area contributed by atoms with E-state index in [0.29, 0.717) is 28.1 Å². The van der Waals surface area contributed by atoms with Gasteiger partial charge in [0.05, 0.1) is 10.3 Å². The van der Waals surface area contributed by atoms with Gasteiger partial charge in [0.25, 0.3) is 10.0 Å². The fraction of sp³-hybridized carbons (Fsp3) is 0.619. The van der Waals surface area contributed by atoms with Crippen LogP contribution in [0, 0.1) is 16.7 Å². The Morgan fingerprint density at radius 3 is 2.06 bits per heavy atom. The van der Waals surface area contributed by atoms with Gasteiger partial charge in [0.15, 0.2) is 12.5 Å². The number of benzene rings is 1. The smallest absolute Gasteiger partial charge is 0.345 e. The molecule has 170 valence electrons. The molecule has 1 saturated heterocycles. The van der Waals surface area contributed by atoms with E-state index < -0.39 is 33.9 Å². The van der Waals surface area contributed by atoms with Crippen molar-refractivity contribution in [2.75, 3.05) is 14.2 Å². The number of hydrogen-bond donors (Lipinski definition) is 0. The first kappa shape index (κ1) is 22.5. The second-order valence-corrected chi connectivity index (χ2v) is 11.3. The van der Waals surface area contributed by atoms with Crippen molar-refractivity contribution in [2.24, 2.45) is 16.7 Å². The van der Waals surface area contributed by atoms with E-state index in [-0.39, 0.29) is 16.2 Å². The number of amides is 3. The Hall–Kier alpha value is -1.68. The molecular weight excluding hydrogens is 444 g/mol. The van der Waals surface area contributed by atoms with Crippen molar-refractivity contribution in [1.29, 1.82) is 0 Å². The number of methoxy groups -OCH3 is 2. The van der Waals surface area contributed by atoms with Gasteiger partial charge in [-0.2, -0.15) is 4.31 Å². The maximum Gasteiger partial charge on any atom is 0.345 e. The third-order valence-electron chi connectivity index (χ3n) is 7.70. The minimum absolute atomic E-state index is 0.128. The van der Waals surface area contributed by atoms with Crippen LogP contribution in [-0.4, -0.2) is 56.2 Å². The number of sulfonamides is 1. The van der Waals surface area contributed by atoms with Crippen molar-refractivity contribution in [3.05, 3.63) is 29.3 Å². The summed E-state index contributed by atoms with van der Waals surface area (Å²) in [5, 5.41) is 0.361. The van der Waals surface area contributed by atoms with Gasteiger partial charge in [-0.05, 0) is 61.3 Å². The highest BCUT2D eigenvalue weighted by Gasteiger charge is 2.67. The molecule has 0 radical (unpaired) electrons. The maximum absolute atomic E-state index is 13.9. The lowest BCUT2D eigenvalue weighted by molar-refractivity contribution is -0.158. The lowest BCUT2D eigenvalue weighted by Crippen LogP contribution is -2.52. The fourth-order valence-electron chi connectivity index (χ4n) is 5.75. The average molecular weight is 471 g/mol. The Labute approximate surface area is 187 Å². The number of nitrogens with zero attached hydrogens (tertiary/aromatic N) is 2. The quantitative estimate of drug-likeness (QED) is 0.654. The van der Waals surface area contributed by atoms with Crippen molar-refractivity contribution >= 4 is 33.6 Å². The van der Waals surface area contributed by atoms with Gasteiger partial charge in [-0.25, -0.2) is 18.1 Å². The van der Waals surface area contributed by atoms with Crippen molar-refractivity contribution in [3.63, 3.8) is 0 Å². The molecule has 1 aromatic rings. The van der Waals surface area contributed by atoms with Gasteiger partial charge >= 0.3 is 6.03 Å². The van der Waals surface area contributed by atoms with E-state index in [1.807, 2.05) is 0 Å². The van der Waals surface area contributed by atoms with Gasteiger partial charge in [-0.1, -0.05) is 25.4 Å². The normalized spacial score (nSPS) is 32.2. The highest BCUT2D eigenvalue weighted by atomic mass is 35.5. The number of rotatable bonds is 5. The SMILES string of the molecule is CO[C@H]1[C@H](OC)N(S(=O)(=O)c2ccc(Cl)cc2)C(=O)N1C(=O)C12CCC(CC1)C2(C)C. The lowest BCUT2D eigenvalue weighted by Gasteiger charge is -2.39. The highest BCUT2D eigenvalue weighted by Crippen LogP contribution is 2.66. The number of fused-ring (bicyclic) bond motifs is 2. The summed E-state index contributed by atoms with van der Waals surface area (Å²) in [5.41, 5.74) is -1.00. The molecule has 2 aliphatic carbocycles. The summed E-state index contributed by atoms with van der Waals surface area (Å²) in [6.45, 7) is 4.13. The van der Waals surface area contributed by atoms with E-state index >= 15 is 0 Å². The topological polar surface area (TPSA) is 93.2 Å². The molecule has 0 unspecified atom stereocenters. The summed E-state index contributed by atoms with van der Waals surface area (Å²) in [4.78, 5) is 28.2. The van der Waals surface area contributed by atoms with E-state index in [4.69, 9.17) is 21.1 Å². The van der Waals surface area contributed by atoms with E-state index in [0.717, 1.165) is 17.7 Å². The minimum atomic E-state index is -4.32. The molecule has 0 spiro atoms.